The first-order chi connectivity index (χ1) is 8.83. The molecule has 1 aliphatic carbocycles. The quantitative estimate of drug-likeness (QED) is 0.186. The molecular formula is C6H12K2O12P2. The monoisotopic (exact) mass is 416 g/mol. The molecule has 120 valence electrons. The summed E-state index contributed by atoms with van der Waals surface area (Å²) < 4.78 is 28.8. The summed E-state index contributed by atoms with van der Waals surface area (Å²) in [4.78, 5) is 38.0. The van der Waals surface area contributed by atoms with E-state index in [1.54, 1.807) is 0 Å². The molecule has 6 atom stereocenters. The van der Waals surface area contributed by atoms with Gasteiger partial charge in [0, 0.05) is 0 Å². The minimum absolute atomic E-state index is 0. The van der Waals surface area contributed by atoms with Gasteiger partial charge in [-0.05, 0) is 0 Å². The molecule has 16 heteroatoms. The van der Waals surface area contributed by atoms with E-state index in [2.05, 4.69) is 9.05 Å². The summed E-state index contributed by atoms with van der Waals surface area (Å²) in [6.07, 6.45) is -13.3. The molecule has 0 spiro atoms. The molecule has 0 heterocycles. The van der Waals surface area contributed by atoms with Gasteiger partial charge in [-0.15, -0.1) is 0 Å². The minimum atomic E-state index is -5.66. The van der Waals surface area contributed by atoms with Crippen LogP contribution < -0.4 is 113 Å². The number of hydrogen-bond acceptors (Lipinski definition) is 10. The van der Waals surface area contributed by atoms with Crippen LogP contribution in [0.1, 0.15) is 0 Å². The number of hydrogen-bond donors (Lipinski definition) is 6. The molecule has 0 aliphatic heterocycles. The zero-order chi connectivity index (χ0) is 15.9. The Morgan fingerprint density at radius 2 is 1.00 bits per heavy atom. The summed E-state index contributed by atoms with van der Waals surface area (Å²) in [5.41, 5.74) is 0. The number of phosphoric ester groups is 2. The van der Waals surface area contributed by atoms with Crippen molar-refractivity contribution in [3.8, 4) is 0 Å². The third kappa shape index (κ3) is 8.35. The van der Waals surface area contributed by atoms with Crippen molar-refractivity contribution in [1.82, 2.24) is 0 Å². The molecule has 12 nitrogen and oxygen atoms in total. The summed E-state index contributed by atoms with van der Waals surface area (Å²) in [6.45, 7) is 0. The van der Waals surface area contributed by atoms with Crippen LogP contribution in [0.2, 0.25) is 0 Å². The van der Waals surface area contributed by atoms with Crippen LogP contribution in [0.5, 0.6) is 0 Å². The fourth-order valence-electron chi connectivity index (χ4n) is 1.74. The van der Waals surface area contributed by atoms with E-state index in [0.29, 0.717) is 0 Å². The Labute approximate surface area is 209 Å². The maximum absolute atomic E-state index is 10.6. The molecule has 0 aromatic carbocycles. The number of phosphoric acid groups is 2. The zero-order valence-corrected chi connectivity index (χ0v) is 19.5. The van der Waals surface area contributed by atoms with Crippen LogP contribution in [-0.4, -0.2) is 66.8 Å². The van der Waals surface area contributed by atoms with E-state index in [9.17, 15) is 39.3 Å². The average molecular weight is 416 g/mol. The van der Waals surface area contributed by atoms with E-state index in [-0.39, 0.29) is 103 Å². The normalized spacial score (nSPS) is 36.2. The van der Waals surface area contributed by atoms with Crippen molar-refractivity contribution >= 4 is 15.6 Å². The Kier molecular flexibility index (Phi) is 13.3. The average Bonchev–Trinajstić information content (AvgIpc) is 2.25. The van der Waals surface area contributed by atoms with Crippen LogP contribution in [0.15, 0.2) is 0 Å². The van der Waals surface area contributed by atoms with Gasteiger partial charge in [0.2, 0.25) is 0 Å². The Morgan fingerprint density at radius 3 is 1.23 bits per heavy atom. The van der Waals surface area contributed by atoms with Gasteiger partial charge in [0.1, 0.15) is 36.6 Å². The van der Waals surface area contributed by atoms with Gasteiger partial charge in [0.15, 0.2) is 0 Å². The van der Waals surface area contributed by atoms with Crippen LogP contribution in [0.25, 0.3) is 0 Å². The first-order valence-corrected chi connectivity index (χ1v) is 7.99. The number of aliphatic hydroxyl groups excluding tert-OH is 4. The van der Waals surface area contributed by atoms with Crippen molar-refractivity contribution in [2.24, 2.45) is 0 Å². The predicted molar refractivity (Wildman–Crippen MR) is 53.4 cm³/mol. The minimum Gasteiger partial charge on any atom is -0.790 e. The SMILES string of the molecule is O=P([O-])([O-])OC1[C@H](O)[C@H](O)C(OP(=O)(O)O)[C@H](O)[C@H]1O.[K+].[K+]. The van der Waals surface area contributed by atoms with Gasteiger partial charge in [0.05, 0.1) is 7.82 Å². The van der Waals surface area contributed by atoms with E-state index in [4.69, 9.17) is 9.79 Å². The molecular weight excluding hydrogens is 404 g/mol. The maximum Gasteiger partial charge on any atom is 1.00 e. The van der Waals surface area contributed by atoms with E-state index in [1.165, 1.54) is 0 Å². The largest absolute Gasteiger partial charge is 1.00 e. The zero-order valence-electron chi connectivity index (χ0n) is 11.5. The Bertz CT molecular complexity index is 381. The molecule has 0 aromatic rings. The van der Waals surface area contributed by atoms with E-state index < -0.39 is 52.3 Å². The summed E-state index contributed by atoms with van der Waals surface area (Å²) in [5, 5.41) is 37.9. The van der Waals surface area contributed by atoms with Crippen molar-refractivity contribution in [3.63, 3.8) is 0 Å². The second-order valence-corrected chi connectivity index (χ2v) is 6.34. The van der Waals surface area contributed by atoms with Crippen LogP contribution in [-0.2, 0) is 18.2 Å². The van der Waals surface area contributed by atoms with Crippen LogP contribution >= 0.6 is 15.6 Å². The summed E-state index contributed by atoms with van der Waals surface area (Å²) in [7, 11) is -10.8. The predicted octanol–water partition coefficient (Wildman–Crippen LogP) is -10.9. The molecule has 0 saturated heterocycles. The van der Waals surface area contributed by atoms with Gasteiger partial charge in [-0.1, -0.05) is 0 Å². The van der Waals surface area contributed by atoms with Crippen molar-refractivity contribution in [2.75, 3.05) is 0 Å². The fraction of sp³-hybridized carbons (Fsp3) is 1.00. The number of rotatable bonds is 4. The third-order valence-corrected chi connectivity index (χ3v) is 3.58. The first-order valence-electron chi connectivity index (χ1n) is 5.00. The van der Waals surface area contributed by atoms with Gasteiger partial charge in [-0.2, -0.15) is 0 Å². The second kappa shape index (κ2) is 10.6. The van der Waals surface area contributed by atoms with Crippen LogP contribution in [0, 0.1) is 0 Å². The Balaban J connectivity index is 0. The number of aliphatic hydroxyl groups is 4. The van der Waals surface area contributed by atoms with Crippen molar-refractivity contribution in [1.29, 1.82) is 0 Å². The van der Waals surface area contributed by atoms with Gasteiger partial charge < -0.3 is 49.1 Å². The topological polar surface area (TPSA) is 220 Å². The fourth-order valence-corrected chi connectivity index (χ4v) is 2.85. The van der Waals surface area contributed by atoms with E-state index in [1.807, 2.05) is 0 Å². The first kappa shape index (κ1) is 27.6. The Morgan fingerprint density at radius 1 is 0.727 bits per heavy atom. The smallest absolute Gasteiger partial charge is 0.790 e. The maximum atomic E-state index is 10.6. The summed E-state index contributed by atoms with van der Waals surface area (Å²) in [6, 6.07) is 0. The van der Waals surface area contributed by atoms with Crippen molar-refractivity contribution < 1.29 is 161 Å². The van der Waals surface area contributed by atoms with Crippen molar-refractivity contribution in [3.05, 3.63) is 0 Å². The van der Waals surface area contributed by atoms with Gasteiger partial charge in [0.25, 0.3) is 0 Å². The van der Waals surface area contributed by atoms with Crippen molar-refractivity contribution in [2.45, 2.75) is 36.6 Å². The van der Waals surface area contributed by atoms with Crippen LogP contribution in [0.3, 0.4) is 0 Å². The molecule has 22 heavy (non-hydrogen) atoms. The van der Waals surface area contributed by atoms with Crippen LogP contribution in [0.4, 0.5) is 0 Å². The molecule has 0 aromatic heterocycles. The van der Waals surface area contributed by atoms with Gasteiger partial charge >= 0.3 is 111 Å². The molecule has 6 N–H and O–H groups in total. The molecule has 0 amide bonds. The van der Waals surface area contributed by atoms with Gasteiger partial charge in [-0.3, -0.25) is 4.52 Å². The molecule has 1 aliphatic rings. The second-order valence-electron chi connectivity index (χ2n) is 4.04. The molecule has 1 fully saturated rings. The third-order valence-electron chi connectivity index (χ3n) is 2.56. The summed E-state index contributed by atoms with van der Waals surface area (Å²) in [5.74, 6) is 0. The van der Waals surface area contributed by atoms with Gasteiger partial charge in [-0.25, -0.2) is 4.57 Å². The summed E-state index contributed by atoms with van der Waals surface area (Å²) >= 11 is 0. The molecule has 0 bridgehead atoms. The van der Waals surface area contributed by atoms with E-state index >= 15 is 0 Å². The standard InChI is InChI=1S/C6H14O12P2.2K/c7-1-2(8)6(18-20(14,15)16)4(10)3(9)5(1)17-19(11,12)13;;/h1-10H,(H2,11,12,13)(H2,14,15,16);;/q;2*+1/p-2/t1-,2-,3-,4+,5?,6?;;/m1../s1. The Hall–Kier alpha value is 3.33. The van der Waals surface area contributed by atoms with E-state index in [0.717, 1.165) is 0 Å². The molecule has 2 unspecified atom stereocenters. The molecule has 0 radical (unpaired) electrons. The molecule has 1 rings (SSSR count). The molecule has 1 saturated carbocycles.